The molecule has 2 aromatic carbocycles. The minimum Gasteiger partial charge on any atom is -0.387 e. The molecule has 0 saturated heterocycles. The number of carbonyl (C=O) groups excluding carboxylic acids is 1. The number of hydrogen-bond donors (Lipinski definition) is 3. The molecule has 0 bridgehead atoms. The van der Waals surface area contributed by atoms with Crippen molar-refractivity contribution in [3.63, 3.8) is 0 Å². The Morgan fingerprint density at radius 3 is 2.62 bits per heavy atom. The first-order chi connectivity index (χ1) is 11.4. The van der Waals surface area contributed by atoms with Gasteiger partial charge in [0.25, 0.3) is 5.69 Å². The van der Waals surface area contributed by atoms with E-state index in [9.17, 15) is 14.9 Å². The molecular weight excluding hydrogens is 310 g/mol. The maximum atomic E-state index is 11.2. The van der Waals surface area contributed by atoms with Gasteiger partial charge in [-0.1, -0.05) is 18.2 Å². The minimum absolute atomic E-state index is 0.0881. The van der Waals surface area contributed by atoms with Crippen LogP contribution in [-0.4, -0.2) is 22.5 Å². The van der Waals surface area contributed by atoms with Crippen LogP contribution in [0.25, 0.3) is 0 Å². The summed E-state index contributed by atoms with van der Waals surface area (Å²) in [6, 6.07) is 12.0. The smallest absolute Gasteiger partial charge is 0.272 e. The van der Waals surface area contributed by atoms with Crippen molar-refractivity contribution in [3.05, 3.63) is 63.7 Å². The highest BCUT2D eigenvalue weighted by atomic mass is 16.6. The van der Waals surface area contributed by atoms with Crippen LogP contribution in [0, 0.1) is 17.0 Å². The van der Waals surface area contributed by atoms with E-state index in [1.165, 1.54) is 0 Å². The van der Waals surface area contributed by atoms with Crippen LogP contribution in [0.4, 0.5) is 17.1 Å². The second kappa shape index (κ2) is 7.56. The molecule has 1 atom stereocenters. The molecule has 126 valence electrons. The monoisotopic (exact) mass is 329 g/mol. The van der Waals surface area contributed by atoms with E-state index in [1.54, 1.807) is 37.3 Å². The maximum absolute atomic E-state index is 11.2. The highest BCUT2D eigenvalue weighted by molar-refractivity contribution is 5.91. The number of benzene rings is 2. The Kier molecular flexibility index (Phi) is 5.49. The van der Waals surface area contributed by atoms with Gasteiger partial charge in [-0.25, -0.2) is 0 Å². The summed E-state index contributed by atoms with van der Waals surface area (Å²) in [5.74, 6) is -0.491. The van der Waals surface area contributed by atoms with E-state index in [4.69, 9.17) is 5.11 Å². The fourth-order valence-corrected chi connectivity index (χ4v) is 2.31. The van der Waals surface area contributed by atoms with Crippen molar-refractivity contribution in [1.29, 1.82) is 0 Å². The van der Waals surface area contributed by atoms with Crippen LogP contribution in [-0.2, 0) is 4.79 Å². The van der Waals surface area contributed by atoms with Crippen molar-refractivity contribution in [1.82, 2.24) is 0 Å². The van der Waals surface area contributed by atoms with E-state index in [0.717, 1.165) is 11.3 Å². The van der Waals surface area contributed by atoms with Crippen molar-refractivity contribution in [2.45, 2.75) is 19.9 Å². The van der Waals surface area contributed by atoms with Gasteiger partial charge in [-0.2, -0.15) is 0 Å². The number of aliphatic hydroxyl groups excluding tert-OH is 1. The van der Waals surface area contributed by atoms with Crippen LogP contribution in [0.5, 0.6) is 0 Å². The lowest BCUT2D eigenvalue weighted by Gasteiger charge is -2.17. The van der Waals surface area contributed by atoms with E-state index in [2.05, 4.69) is 10.6 Å². The fourth-order valence-electron chi connectivity index (χ4n) is 2.31. The van der Waals surface area contributed by atoms with Crippen LogP contribution >= 0.6 is 0 Å². The summed E-state index contributed by atoms with van der Waals surface area (Å²) in [4.78, 5) is 21.9. The van der Waals surface area contributed by atoms with E-state index in [0.29, 0.717) is 11.3 Å². The number of aliphatic hydroxyl groups is 1. The van der Waals surface area contributed by atoms with Gasteiger partial charge in [-0.05, 0) is 37.6 Å². The van der Waals surface area contributed by atoms with Crippen molar-refractivity contribution in [2.75, 3.05) is 17.2 Å². The molecule has 0 spiro atoms. The van der Waals surface area contributed by atoms with Crippen molar-refractivity contribution in [3.8, 4) is 0 Å². The number of amides is 1. The van der Waals surface area contributed by atoms with E-state index in [1.807, 2.05) is 19.1 Å². The van der Waals surface area contributed by atoms with Crippen LogP contribution in [0.15, 0.2) is 42.5 Å². The summed E-state index contributed by atoms with van der Waals surface area (Å²) in [5, 5.41) is 25.6. The van der Waals surface area contributed by atoms with Crippen LogP contribution in [0.2, 0.25) is 0 Å². The lowest BCUT2D eigenvalue weighted by Crippen LogP contribution is -2.15. The predicted molar refractivity (Wildman–Crippen MR) is 92.0 cm³/mol. The number of hydrogen-bond acceptors (Lipinski definition) is 5. The molecule has 1 unspecified atom stereocenters. The molecule has 7 heteroatoms. The van der Waals surface area contributed by atoms with Gasteiger partial charge >= 0.3 is 0 Å². The Hall–Kier alpha value is -2.93. The molecular formula is C17H19N3O4. The standard InChI is InChI=1S/C17H19N3O4/c1-11-6-7-13(8-16(11)20(23)24)12(2)18-14-4-3-5-15(9-14)19-17(22)10-21/h3-9,12,18,21H,10H2,1-2H3,(H,19,22). The molecule has 0 aliphatic heterocycles. The Morgan fingerprint density at radius 1 is 1.25 bits per heavy atom. The summed E-state index contributed by atoms with van der Waals surface area (Å²) >= 11 is 0. The second-order valence-electron chi connectivity index (χ2n) is 5.46. The molecule has 0 aliphatic rings. The molecule has 0 aromatic heterocycles. The lowest BCUT2D eigenvalue weighted by atomic mass is 10.0. The number of rotatable bonds is 6. The number of carbonyl (C=O) groups is 1. The van der Waals surface area contributed by atoms with Crippen LogP contribution in [0.1, 0.15) is 24.1 Å². The van der Waals surface area contributed by atoms with E-state index in [-0.39, 0.29) is 11.7 Å². The molecule has 24 heavy (non-hydrogen) atoms. The molecule has 3 N–H and O–H groups in total. The highest BCUT2D eigenvalue weighted by Gasteiger charge is 2.14. The largest absolute Gasteiger partial charge is 0.387 e. The molecule has 0 fully saturated rings. The second-order valence-corrected chi connectivity index (χ2v) is 5.46. The first kappa shape index (κ1) is 17.4. The van der Waals surface area contributed by atoms with Gasteiger partial charge in [0.15, 0.2) is 0 Å². The average molecular weight is 329 g/mol. The van der Waals surface area contributed by atoms with Gasteiger partial charge < -0.3 is 15.7 Å². The first-order valence-corrected chi connectivity index (χ1v) is 7.43. The molecule has 7 nitrogen and oxygen atoms in total. The zero-order chi connectivity index (χ0) is 17.7. The van der Waals surface area contributed by atoms with Gasteiger partial charge in [0.05, 0.1) is 4.92 Å². The highest BCUT2D eigenvalue weighted by Crippen LogP contribution is 2.26. The SMILES string of the molecule is Cc1ccc(C(C)Nc2cccc(NC(=O)CO)c2)cc1[N+](=O)[O-]. The topological polar surface area (TPSA) is 104 Å². The third kappa shape index (κ3) is 4.30. The van der Waals surface area contributed by atoms with Crippen LogP contribution < -0.4 is 10.6 Å². The molecule has 0 heterocycles. The van der Waals surface area contributed by atoms with Gasteiger partial charge in [-0.3, -0.25) is 14.9 Å². The molecule has 1 amide bonds. The molecule has 2 aromatic rings. The lowest BCUT2D eigenvalue weighted by molar-refractivity contribution is -0.385. The first-order valence-electron chi connectivity index (χ1n) is 7.43. The third-order valence-corrected chi connectivity index (χ3v) is 3.60. The molecule has 0 radical (unpaired) electrons. The minimum atomic E-state index is -0.582. The molecule has 0 aliphatic carbocycles. The number of aryl methyl sites for hydroxylation is 1. The summed E-state index contributed by atoms with van der Waals surface area (Å²) in [6.45, 7) is 3.02. The van der Waals surface area contributed by atoms with Gasteiger partial charge in [0, 0.05) is 29.0 Å². The zero-order valence-corrected chi connectivity index (χ0v) is 13.4. The molecule has 0 saturated carbocycles. The maximum Gasteiger partial charge on any atom is 0.272 e. The Labute approximate surface area is 139 Å². The Bertz CT molecular complexity index is 761. The quantitative estimate of drug-likeness (QED) is 0.558. The normalized spacial score (nSPS) is 11.6. The predicted octanol–water partition coefficient (Wildman–Crippen LogP) is 3.01. The van der Waals surface area contributed by atoms with Gasteiger partial charge in [0.2, 0.25) is 5.91 Å². The molecule has 2 rings (SSSR count). The summed E-state index contributed by atoms with van der Waals surface area (Å²) in [7, 11) is 0. The van der Waals surface area contributed by atoms with Crippen molar-refractivity contribution < 1.29 is 14.8 Å². The van der Waals surface area contributed by atoms with E-state index >= 15 is 0 Å². The Morgan fingerprint density at radius 2 is 1.96 bits per heavy atom. The van der Waals surface area contributed by atoms with Gasteiger partial charge in [-0.15, -0.1) is 0 Å². The van der Waals surface area contributed by atoms with Gasteiger partial charge in [0.1, 0.15) is 6.61 Å². The number of nitrogens with zero attached hydrogens (tertiary/aromatic N) is 1. The van der Waals surface area contributed by atoms with Crippen molar-refractivity contribution in [2.24, 2.45) is 0 Å². The number of anilines is 2. The third-order valence-electron chi connectivity index (χ3n) is 3.60. The summed E-state index contributed by atoms with van der Waals surface area (Å²) in [5.41, 5.74) is 2.80. The van der Waals surface area contributed by atoms with Crippen molar-refractivity contribution >= 4 is 23.0 Å². The average Bonchev–Trinajstić information content (AvgIpc) is 2.55. The number of nitrogens with one attached hydrogen (secondary N) is 2. The fraction of sp³-hybridized carbons (Fsp3) is 0.235. The summed E-state index contributed by atoms with van der Waals surface area (Å²) in [6.07, 6.45) is 0. The number of nitro benzene ring substituents is 1. The summed E-state index contributed by atoms with van der Waals surface area (Å²) < 4.78 is 0. The Balaban J connectivity index is 2.16. The van der Waals surface area contributed by atoms with E-state index < -0.39 is 17.4 Å². The number of nitro groups is 1. The zero-order valence-electron chi connectivity index (χ0n) is 13.4. The van der Waals surface area contributed by atoms with Crippen LogP contribution in [0.3, 0.4) is 0 Å².